The molecule has 0 aromatic carbocycles. The number of amides is 2. The van der Waals surface area contributed by atoms with Crippen molar-refractivity contribution in [2.24, 2.45) is 10.8 Å². The van der Waals surface area contributed by atoms with Gasteiger partial charge in [0.2, 0.25) is 0 Å². The fourth-order valence-electron chi connectivity index (χ4n) is 2.52. The predicted octanol–water partition coefficient (Wildman–Crippen LogP) is 2.32. The Hall–Kier alpha value is -1.26. The van der Waals surface area contributed by atoms with Crippen LogP contribution in [0.15, 0.2) is 0 Å². The van der Waals surface area contributed by atoms with E-state index in [1.165, 1.54) is 0 Å². The maximum absolute atomic E-state index is 12.1. The lowest BCUT2D eigenvalue weighted by atomic mass is 9.82. The Labute approximate surface area is 115 Å². The Morgan fingerprint density at radius 1 is 1.32 bits per heavy atom. The number of hydrogen-bond acceptors (Lipinski definition) is 2. The largest absolute Gasteiger partial charge is 0.481 e. The van der Waals surface area contributed by atoms with Crippen molar-refractivity contribution in [1.82, 2.24) is 10.2 Å². The number of hydrogen-bond donors (Lipinski definition) is 2. The first-order chi connectivity index (χ1) is 8.76. The number of nitrogens with one attached hydrogen (secondary N) is 1. The van der Waals surface area contributed by atoms with Gasteiger partial charge in [-0.3, -0.25) is 4.79 Å². The standard InChI is InChI=1S/C14H26N2O3/c1-5-14(6-2,11(17)18)9-15-12(19)16-8-7-13(3,4)10-16/h5-10H2,1-4H3,(H,15,19)(H,17,18). The van der Waals surface area contributed by atoms with Crippen LogP contribution >= 0.6 is 0 Å². The van der Waals surface area contributed by atoms with Crippen LogP contribution in [0.2, 0.25) is 0 Å². The Kier molecular flexibility index (Phi) is 4.82. The van der Waals surface area contributed by atoms with Crippen molar-refractivity contribution in [1.29, 1.82) is 0 Å². The van der Waals surface area contributed by atoms with Crippen molar-refractivity contribution in [3.8, 4) is 0 Å². The number of aliphatic carboxylic acids is 1. The van der Waals surface area contributed by atoms with Gasteiger partial charge in [-0.15, -0.1) is 0 Å². The zero-order valence-electron chi connectivity index (χ0n) is 12.5. The summed E-state index contributed by atoms with van der Waals surface area (Å²) in [6.45, 7) is 9.66. The average Bonchev–Trinajstić information content (AvgIpc) is 2.71. The molecule has 1 aliphatic rings. The van der Waals surface area contributed by atoms with E-state index >= 15 is 0 Å². The number of urea groups is 1. The first-order valence-electron chi connectivity index (χ1n) is 7.02. The normalized spacial score (nSPS) is 18.4. The van der Waals surface area contributed by atoms with E-state index in [4.69, 9.17) is 0 Å². The molecule has 19 heavy (non-hydrogen) atoms. The van der Waals surface area contributed by atoms with Gasteiger partial charge in [0, 0.05) is 19.6 Å². The van der Waals surface area contributed by atoms with E-state index in [9.17, 15) is 14.7 Å². The van der Waals surface area contributed by atoms with Gasteiger partial charge in [-0.25, -0.2) is 4.79 Å². The summed E-state index contributed by atoms with van der Waals surface area (Å²) in [6.07, 6.45) is 2.03. The summed E-state index contributed by atoms with van der Waals surface area (Å²) >= 11 is 0. The first-order valence-corrected chi connectivity index (χ1v) is 7.02. The third kappa shape index (κ3) is 3.61. The molecular formula is C14H26N2O3. The highest BCUT2D eigenvalue weighted by atomic mass is 16.4. The molecule has 0 atom stereocenters. The van der Waals surface area contributed by atoms with Crippen LogP contribution in [-0.2, 0) is 4.79 Å². The van der Waals surface area contributed by atoms with Crippen molar-refractivity contribution < 1.29 is 14.7 Å². The molecule has 1 heterocycles. The fourth-order valence-corrected chi connectivity index (χ4v) is 2.52. The molecule has 1 aliphatic heterocycles. The van der Waals surface area contributed by atoms with Crippen molar-refractivity contribution >= 4 is 12.0 Å². The van der Waals surface area contributed by atoms with Crippen LogP contribution in [0.1, 0.15) is 47.0 Å². The summed E-state index contributed by atoms with van der Waals surface area (Å²) in [5, 5.41) is 12.1. The van der Waals surface area contributed by atoms with Crippen molar-refractivity contribution in [3.05, 3.63) is 0 Å². The van der Waals surface area contributed by atoms with Crippen LogP contribution in [0.25, 0.3) is 0 Å². The number of carboxylic acids is 1. The molecule has 0 bridgehead atoms. The van der Waals surface area contributed by atoms with Gasteiger partial charge in [0.05, 0.1) is 5.41 Å². The van der Waals surface area contributed by atoms with Crippen molar-refractivity contribution in [2.75, 3.05) is 19.6 Å². The fraction of sp³-hybridized carbons (Fsp3) is 0.857. The third-order valence-corrected chi connectivity index (χ3v) is 4.35. The van der Waals surface area contributed by atoms with Gasteiger partial charge < -0.3 is 15.3 Å². The van der Waals surface area contributed by atoms with E-state index in [2.05, 4.69) is 19.2 Å². The molecule has 1 fully saturated rings. The summed E-state index contributed by atoms with van der Waals surface area (Å²) in [5.41, 5.74) is -0.679. The maximum atomic E-state index is 12.1. The Balaban J connectivity index is 2.56. The molecule has 5 nitrogen and oxygen atoms in total. The number of nitrogens with zero attached hydrogens (tertiary/aromatic N) is 1. The molecule has 0 aliphatic carbocycles. The molecule has 0 radical (unpaired) electrons. The lowest BCUT2D eigenvalue weighted by Crippen LogP contribution is -2.47. The number of carbonyl (C=O) groups is 2. The smallest absolute Gasteiger partial charge is 0.317 e. The van der Waals surface area contributed by atoms with Crippen LogP contribution in [-0.4, -0.2) is 41.6 Å². The molecule has 2 N–H and O–H groups in total. The molecule has 2 amide bonds. The van der Waals surface area contributed by atoms with E-state index in [1.807, 2.05) is 13.8 Å². The molecule has 0 aromatic heterocycles. The molecule has 1 rings (SSSR count). The number of carboxylic acid groups (broad SMARTS) is 1. The first kappa shape index (κ1) is 15.8. The van der Waals surface area contributed by atoms with Gasteiger partial charge in [0.1, 0.15) is 0 Å². The molecule has 0 saturated carbocycles. The van der Waals surface area contributed by atoms with Crippen LogP contribution in [0.3, 0.4) is 0 Å². The summed E-state index contributed by atoms with van der Waals surface area (Å²) in [4.78, 5) is 25.2. The Morgan fingerprint density at radius 3 is 2.26 bits per heavy atom. The van der Waals surface area contributed by atoms with Crippen LogP contribution < -0.4 is 5.32 Å². The average molecular weight is 270 g/mol. The van der Waals surface area contributed by atoms with E-state index in [1.54, 1.807) is 4.90 Å². The SMILES string of the molecule is CCC(CC)(CNC(=O)N1CCC(C)(C)C1)C(=O)O. The second-order valence-electron chi connectivity index (χ2n) is 6.29. The second kappa shape index (κ2) is 5.80. The number of likely N-dealkylation sites (tertiary alicyclic amines) is 1. The second-order valence-corrected chi connectivity index (χ2v) is 6.29. The van der Waals surface area contributed by atoms with Gasteiger partial charge in [-0.2, -0.15) is 0 Å². The molecule has 110 valence electrons. The minimum absolute atomic E-state index is 0.141. The zero-order chi connectivity index (χ0) is 14.7. The minimum Gasteiger partial charge on any atom is -0.481 e. The van der Waals surface area contributed by atoms with E-state index in [0.717, 1.165) is 19.5 Å². The van der Waals surface area contributed by atoms with Crippen molar-refractivity contribution in [2.45, 2.75) is 47.0 Å². The van der Waals surface area contributed by atoms with Crippen LogP contribution in [0.5, 0.6) is 0 Å². The van der Waals surface area contributed by atoms with Gasteiger partial charge >= 0.3 is 12.0 Å². The maximum Gasteiger partial charge on any atom is 0.317 e. The van der Waals surface area contributed by atoms with E-state index in [0.29, 0.717) is 12.8 Å². The summed E-state index contributed by atoms with van der Waals surface area (Å²) in [5.74, 6) is -0.834. The van der Waals surface area contributed by atoms with Gasteiger partial charge in [0.15, 0.2) is 0 Å². The van der Waals surface area contributed by atoms with Crippen LogP contribution in [0, 0.1) is 10.8 Å². The Morgan fingerprint density at radius 2 is 1.89 bits per heavy atom. The lowest BCUT2D eigenvalue weighted by molar-refractivity contribution is -0.149. The highest BCUT2D eigenvalue weighted by molar-refractivity contribution is 5.78. The Bertz CT molecular complexity index is 349. The van der Waals surface area contributed by atoms with Gasteiger partial charge in [-0.05, 0) is 24.7 Å². The van der Waals surface area contributed by atoms with Gasteiger partial charge in [-0.1, -0.05) is 27.7 Å². The highest BCUT2D eigenvalue weighted by Crippen LogP contribution is 2.29. The molecule has 1 saturated heterocycles. The molecule has 5 heteroatoms. The van der Waals surface area contributed by atoms with Gasteiger partial charge in [0.25, 0.3) is 0 Å². The molecule has 0 aromatic rings. The molecule has 0 spiro atoms. The van der Waals surface area contributed by atoms with Crippen molar-refractivity contribution in [3.63, 3.8) is 0 Å². The van der Waals surface area contributed by atoms with E-state index < -0.39 is 11.4 Å². The zero-order valence-corrected chi connectivity index (χ0v) is 12.5. The minimum atomic E-state index is -0.842. The predicted molar refractivity (Wildman–Crippen MR) is 74.0 cm³/mol. The third-order valence-electron chi connectivity index (χ3n) is 4.35. The van der Waals surface area contributed by atoms with Crippen LogP contribution in [0.4, 0.5) is 4.79 Å². The number of rotatable bonds is 5. The lowest BCUT2D eigenvalue weighted by Gasteiger charge is -2.28. The summed E-state index contributed by atoms with van der Waals surface area (Å²) in [7, 11) is 0. The highest BCUT2D eigenvalue weighted by Gasteiger charge is 2.37. The summed E-state index contributed by atoms with van der Waals surface area (Å²) in [6, 6.07) is -0.141. The van der Waals surface area contributed by atoms with E-state index in [-0.39, 0.29) is 18.0 Å². The quantitative estimate of drug-likeness (QED) is 0.805. The summed E-state index contributed by atoms with van der Waals surface area (Å²) < 4.78 is 0. The monoisotopic (exact) mass is 270 g/mol. The molecule has 0 unspecified atom stereocenters. The number of carbonyl (C=O) groups excluding carboxylic acids is 1. The topological polar surface area (TPSA) is 69.6 Å². The molecular weight excluding hydrogens is 244 g/mol.